The molecule has 3 aromatic rings. The van der Waals surface area contributed by atoms with Crippen LogP contribution in [0.15, 0.2) is 78.0 Å². The van der Waals surface area contributed by atoms with Crippen molar-refractivity contribution in [2.24, 2.45) is 5.92 Å². The second-order valence-electron chi connectivity index (χ2n) is 8.75. The second-order valence-corrected chi connectivity index (χ2v) is 9.92. The van der Waals surface area contributed by atoms with Crippen LogP contribution in [0.5, 0.6) is 0 Å². The predicted molar refractivity (Wildman–Crippen MR) is 134 cm³/mol. The first-order valence-corrected chi connectivity index (χ1v) is 12.7. The molecule has 7 heteroatoms. The molecule has 4 rings (SSSR count). The summed E-state index contributed by atoms with van der Waals surface area (Å²) in [6, 6.07) is 21.9. The summed E-state index contributed by atoms with van der Waals surface area (Å²) >= 11 is 1.78. The van der Waals surface area contributed by atoms with Gasteiger partial charge in [0.2, 0.25) is 11.8 Å². The van der Waals surface area contributed by atoms with Gasteiger partial charge in [-0.15, -0.1) is 11.8 Å². The van der Waals surface area contributed by atoms with Crippen LogP contribution in [0, 0.1) is 17.2 Å². The van der Waals surface area contributed by atoms with Gasteiger partial charge in [0.1, 0.15) is 6.54 Å². The molecule has 1 aliphatic rings. The Bertz CT molecular complexity index is 1180. The zero-order valence-electron chi connectivity index (χ0n) is 19.3. The summed E-state index contributed by atoms with van der Waals surface area (Å²) in [5, 5.41) is 11.3. The van der Waals surface area contributed by atoms with Gasteiger partial charge < -0.3 is 5.32 Å². The van der Waals surface area contributed by atoms with E-state index in [4.69, 9.17) is 5.26 Å². The molecule has 1 heterocycles. The Balaban J connectivity index is 1.52. The standard InChI is InChI=1S/C28H27F2N3OS/c29-28(30)13-9-25(26(19-28)27(34)33-17-14-31)24-4-2-1-3-23(24)21-5-7-22(8-6-21)35-18-12-20-10-15-32-16-11-20/h1-8,10-11,15-16,25-26H,9,12-13,17-19H2,(H,33,34). The van der Waals surface area contributed by atoms with Crippen molar-refractivity contribution in [3.63, 3.8) is 0 Å². The van der Waals surface area contributed by atoms with E-state index in [1.165, 1.54) is 5.56 Å². The molecule has 1 amide bonds. The zero-order chi connectivity index (χ0) is 24.7. The van der Waals surface area contributed by atoms with Crippen molar-refractivity contribution >= 4 is 17.7 Å². The fourth-order valence-electron chi connectivity index (χ4n) is 4.69. The average Bonchev–Trinajstić information content (AvgIpc) is 2.88. The third-order valence-corrected chi connectivity index (χ3v) is 7.45. The fourth-order valence-corrected chi connectivity index (χ4v) is 5.59. The smallest absolute Gasteiger partial charge is 0.249 e. The van der Waals surface area contributed by atoms with Gasteiger partial charge >= 0.3 is 0 Å². The Morgan fingerprint density at radius 1 is 1.11 bits per heavy atom. The number of halogens is 2. The van der Waals surface area contributed by atoms with Crippen molar-refractivity contribution < 1.29 is 13.6 Å². The number of aryl methyl sites for hydroxylation is 1. The molecule has 35 heavy (non-hydrogen) atoms. The number of hydrogen-bond acceptors (Lipinski definition) is 4. The van der Waals surface area contributed by atoms with Crippen molar-refractivity contribution in [2.45, 2.75) is 42.4 Å². The minimum Gasteiger partial charge on any atom is -0.343 e. The normalized spacial score (nSPS) is 19.0. The lowest BCUT2D eigenvalue weighted by molar-refractivity contribution is -0.133. The molecule has 1 aliphatic carbocycles. The van der Waals surface area contributed by atoms with Crippen LogP contribution in [0.4, 0.5) is 8.78 Å². The number of nitriles is 1. The topological polar surface area (TPSA) is 65.8 Å². The first kappa shape index (κ1) is 24.9. The molecule has 2 aromatic carbocycles. The SMILES string of the molecule is N#CCNC(=O)C1CC(F)(F)CCC1c1ccccc1-c1ccc(SCCc2ccncc2)cc1. The van der Waals surface area contributed by atoms with Gasteiger partial charge in [-0.2, -0.15) is 5.26 Å². The van der Waals surface area contributed by atoms with Crippen LogP contribution in [0.25, 0.3) is 11.1 Å². The van der Waals surface area contributed by atoms with Crippen molar-refractivity contribution in [1.29, 1.82) is 5.26 Å². The van der Waals surface area contributed by atoms with Gasteiger partial charge in [-0.1, -0.05) is 36.4 Å². The maximum Gasteiger partial charge on any atom is 0.249 e. The van der Waals surface area contributed by atoms with Crippen molar-refractivity contribution in [3.05, 3.63) is 84.2 Å². The predicted octanol–water partition coefficient (Wildman–Crippen LogP) is 6.24. The number of rotatable bonds is 8. The average molecular weight is 492 g/mol. The van der Waals surface area contributed by atoms with Crippen LogP contribution in [0.2, 0.25) is 0 Å². The van der Waals surface area contributed by atoms with E-state index in [2.05, 4.69) is 34.6 Å². The third kappa shape index (κ3) is 6.46. The van der Waals surface area contributed by atoms with Gasteiger partial charge in [-0.3, -0.25) is 9.78 Å². The lowest BCUT2D eigenvalue weighted by Crippen LogP contribution is -2.41. The highest BCUT2D eigenvalue weighted by molar-refractivity contribution is 7.99. The number of amides is 1. The summed E-state index contributed by atoms with van der Waals surface area (Å²) in [5.74, 6) is -3.62. The molecule has 180 valence electrons. The van der Waals surface area contributed by atoms with Crippen LogP contribution in [0.3, 0.4) is 0 Å². The zero-order valence-corrected chi connectivity index (χ0v) is 20.1. The molecule has 1 saturated carbocycles. The number of thioether (sulfide) groups is 1. The maximum atomic E-state index is 14.3. The third-order valence-electron chi connectivity index (χ3n) is 6.44. The highest BCUT2D eigenvalue weighted by Crippen LogP contribution is 2.47. The number of nitrogens with zero attached hydrogens (tertiary/aromatic N) is 2. The Hall–Kier alpha value is -3.24. The molecular formula is C28H27F2N3OS. The van der Waals surface area contributed by atoms with Gasteiger partial charge in [-0.25, -0.2) is 8.78 Å². The summed E-state index contributed by atoms with van der Waals surface area (Å²) < 4.78 is 28.5. The van der Waals surface area contributed by atoms with E-state index >= 15 is 0 Å². The Labute approximate surface area is 208 Å². The molecule has 0 radical (unpaired) electrons. The Morgan fingerprint density at radius 2 is 1.86 bits per heavy atom. The molecule has 0 bridgehead atoms. The Morgan fingerprint density at radius 3 is 2.60 bits per heavy atom. The molecule has 0 aliphatic heterocycles. The highest BCUT2D eigenvalue weighted by Gasteiger charge is 2.45. The van der Waals surface area contributed by atoms with E-state index in [0.717, 1.165) is 33.8 Å². The molecule has 1 N–H and O–H groups in total. The number of carbonyl (C=O) groups excluding carboxylic acids is 1. The number of hydrogen-bond donors (Lipinski definition) is 1. The molecule has 1 aromatic heterocycles. The van der Waals surface area contributed by atoms with Crippen LogP contribution < -0.4 is 5.32 Å². The number of pyridine rings is 1. The van der Waals surface area contributed by atoms with Crippen LogP contribution in [0.1, 0.15) is 36.3 Å². The minimum absolute atomic E-state index is 0.185. The first-order valence-electron chi connectivity index (χ1n) is 11.7. The lowest BCUT2D eigenvalue weighted by atomic mass is 9.72. The number of carbonyl (C=O) groups is 1. The molecule has 1 fully saturated rings. The quantitative estimate of drug-likeness (QED) is 0.299. The number of alkyl halides is 2. The van der Waals surface area contributed by atoms with Gasteiger partial charge in [0.25, 0.3) is 0 Å². The summed E-state index contributed by atoms with van der Waals surface area (Å²) in [4.78, 5) is 17.9. The van der Waals surface area contributed by atoms with Crippen LogP contribution in [-0.4, -0.2) is 29.1 Å². The number of nitrogens with one attached hydrogen (secondary N) is 1. The van der Waals surface area contributed by atoms with Gasteiger partial charge in [0, 0.05) is 35.9 Å². The first-order chi connectivity index (χ1) is 17.0. The van der Waals surface area contributed by atoms with E-state index in [0.29, 0.717) is 0 Å². The summed E-state index contributed by atoms with van der Waals surface area (Å²) in [5.41, 5.74) is 4.10. The molecule has 0 saturated heterocycles. The molecule has 2 unspecified atom stereocenters. The van der Waals surface area contributed by atoms with Crippen molar-refractivity contribution in [2.75, 3.05) is 12.3 Å². The molecule has 0 spiro atoms. The van der Waals surface area contributed by atoms with Crippen molar-refractivity contribution in [3.8, 4) is 17.2 Å². The molecule has 4 nitrogen and oxygen atoms in total. The largest absolute Gasteiger partial charge is 0.343 e. The van der Waals surface area contributed by atoms with Crippen LogP contribution >= 0.6 is 11.8 Å². The van der Waals surface area contributed by atoms with Gasteiger partial charge in [0.05, 0.1) is 12.0 Å². The van der Waals surface area contributed by atoms with E-state index in [9.17, 15) is 13.6 Å². The summed E-state index contributed by atoms with van der Waals surface area (Å²) in [6.07, 6.45) is 4.03. The van der Waals surface area contributed by atoms with Crippen LogP contribution in [-0.2, 0) is 11.2 Å². The monoisotopic (exact) mass is 491 g/mol. The minimum atomic E-state index is -2.88. The van der Waals surface area contributed by atoms with E-state index in [1.807, 2.05) is 42.5 Å². The number of aromatic nitrogens is 1. The van der Waals surface area contributed by atoms with Gasteiger partial charge in [-0.05, 0) is 65.3 Å². The van der Waals surface area contributed by atoms with E-state index in [1.54, 1.807) is 24.2 Å². The van der Waals surface area contributed by atoms with Gasteiger partial charge in [0.15, 0.2) is 0 Å². The maximum absolute atomic E-state index is 14.3. The molecule has 2 atom stereocenters. The molecular weight excluding hydrogens is 464 g/mol. The highest BCUT2D eigenvalue weighted by atomic mass is 32.2. The van der Waals surface area contributed by atoms with Crippen molar-refractivity contribution in [1.82, 2.24) is 10.3 Å². The fraction of sp³-hybridized carbons (Fsp3) is 0.321. The van der Waals surface area contributed by atoms with E-state index in [-0.39, 0.29) is 25.3 Å². The van der Waals surface area contributed by atoms with E-state index < -0.39 is 24.2 Å². The Kier molecular flexibility index (Phi) is 8.14. The number of benzene rings is 2. The second kappa shape index (κ2) is 11.5. The summed E-state index contributed by atoms with van der Waals surface area (Å²) in [6.45, 7) is -0.185. The lowest BCUT2D eigenvalue weighted by Gasteiger charge is -2.36. The summed E-state index contributed by atoms with van der Waals surface area (Å²) in [7, 11) is 0.